The smallest absolute Gasteiger partial charge is 0.426 e. The SMILES string of the molecule is CCC[N]c1cccc(OC(F)(F)C(F)(F)F)c1. The molecular formula is C11H11F5NO. The Morgan fingerprint density at radius 2 is 1.83 bits per heavy atom. The van der Waals surface area contributed by atoms with Crippen LogP contribution in [0.1, 0.15) is 13.3 Å². The Hall–Kier alpha value is -1.53. The van der Waals surface area contributed by atoms with Gasteiger partial charge in [0.05, 0.1) is 5.69 Å². The van der Waals surface area contributed by atoms with Crippen LogP contribution in [0, 0.1) is 0 Å². The Morgan fingerprint density at radius 3 is 2.39 bits per heavy atom. The van der Waals surface area contributed by atoms with E-state index >= 15 is 0 Å². The summed E-state index contributed by atoms with van der Waals surface area (Å²) in [5.74, 6) is -0.574. The molecule has 18 heavy (non-hydrogen) atoms. The molecule has 2 nitrogen and oxygen atoms in total. The quantitative estimate of drug-likeness (QED) is 0.743. The Balaban J connectivity index is 2.79. The van der Waals surface area contributed by atoms with Crippen LogP contribution in [0.3, 0.4) is 0 Å². The molecule has 0 amide bonds. The first-order chi connectivity index (χ1) is 8.26. The summed E-state index contributed by atoms with van der Waals surface area (Å²) in [6, 6.07) is 4.85. The van der Waals surface area contributed by atoms with E-state index in [0.29, 0.717) is 12.2 Å². The number of benzene rings is 1. The zero-order valence-electron chi connectivity index (χ0n) is 9.47. The van der Waals surface area contributed by atoms with Gasteiger partial charge in [-0.3, -0.25) is 5.32 Å². The Kier molecular flexibility index (Phi) is 4.37. The van der Waals surface area contributed by atoms with Crippen molar-refractivity contribution in [2.24, 2.45) is 0 Å². The summed E-state index contributed by atoms with van der Waals surface area (Å²) in [7, 11) is 0. The average Bonchev–Trinajstić information content (AvgIpc) is 2.24. The minimum atomic E-state index is -5.75. The number of alkyl halides is 5. The number of ether oxygens (including phenoxy) is 1. The molecule has 0 spiro atoms. The predicted molar refractivity (Wildman–Crippen MR) is 55.0 cm³/mol. The normalized spacial score (nSPS) is 12.3. The third kappa shape index (κ3) is 3.75. The highest BCUT2D eigenvalue weighted by Gasteiger charge is 2.61. The molecule has 0 aliphatic rings. The molecule has 1 radical (unpaired) electrons. The van der Waals surface area contributed by atoms with Gasteiger partial charge in [0.1, 0.15) is 5.75 Å². The molecule has 7 heteroatoms. The first-order valence-electron chi connectivity index (χ1n) is 5.17. The Bertz CT molecular complexity index is 391. The lowest BCUT2D eigenvalue weighted by atomic mass is 10.3. The summed E-state index contributed by atoms with van der Waals surface area (Å²) in [4.78, 5) is 0. The largest absolute Gasteiger partial charge is 0.499 e. The van der Waals surface area contributed by atoms with Crippen molar-refractivity contribution >= 4 is 5.69 Å². The topological polar surface area (TPSA) is 23.3 Å². The Labute approximate surface area is 101 Å². The summed E-state index contributed by atoms with van der Waals surface area (Å²) in [5, 5.41) is 3.97. The van der Waals surface area contributed by atoms with Crippen LogP contribution in [0.25, 0.3) is 0 Å². The molecular weight excluding hydrogens is 257 g/mol. The molecule has 0 aromatic heterocycles. The molecule has 0 bridgehead atoms. The number of rotatable bonds is 5. The molecule has 0 atom stereocenters. The number of hydrogen-bond donors (Lipinski definition) is 0. The van der Waals surface area contributed by atoms with Gasteiger partial charge in [-0.25, -0.2) is 0 Å². The van der Waals surface area contributed by atoms with E-state index in [1.54, 1.807) is 0 Å². The maximum atomic E-state index is 12.6. The van der Waals surface area contributed by atoms with Gasteiger partial charge in [-0.2, -0.15) is 22.0 Å². The monoisotopic (exact) mass is 268 g/mol. The van der Waals surface area contributed by atoms with Crippen molar-refractivity contribution in [1.29, 1.82) is 0 Å². The first-order valence-corrected chi connectivity index (χ1v) is 5.17. The van der Waals surface area contributed by atoms with Gasteiger partial charge in [0, 0.05) is 12.6 Å². The summed E-state index contributed by atoms with van der Waals surface area (Å²) in [6.07, 6.45) is -10.2. The van der Waals surface area contributed by atoms with Gasteiger partial charge in [-0.1, -0.05) is 13.0 Å². The summed E-state index contributed by atoms with van der Waals surface area (Å²) in [6.45, 7) is 2.32. The molecule has 0 unspecified atom stereocenters. The van der Waals surface area contributed by atoms with Crippen LogP contribution >= 0.6 is 0 Å². The highest BCUT2D eigenvalue weighted by atomic mass is 19.4. The molecule has 101 valence electrons. The molecule has 1 aromatic carbocycles. The van der Waals surface area contributed by atoms with Crippen molar-refractivity contribution in [2.75, 3.05) is 6.54 Å². The van der Waals surface area contributed by atoms with Crippen LogP contribution < -0.4 is 10.1 Å². The van der Waals surface area contributed by atoms with Crippen LogP contribution in [0.2, 0.25) is 0 Å². The zero-order valence-corrected chi connectivity index (χ0v) is 9.47. The van der Waals surface area contributed by atoms with Gasteiger partial charge < -0.3 is 4.74 Å². The fourth-order valence-electron chi connectivity index (χ4n) is 1.09. The summed E-state index contributed by atoms with van der Waals surface area (Å²) >= 11 is 0. The van der Waals surface area contributed by atoms with E-state index < -0.39 is 18.0 Å². The van der Waals surface area contributed by atoms with Gasteiger partial charge in [0.15, 0.2) is 0 Å². The molecule has 0 aliphatic carbocycles. The second-order valence-electron chi connectivity index (χ2n) is 3.50. The Morgan fingerprint density at radius 1 is 1.17 bits per heavy atom. The molecule has 0 N–H and O–H groups in total. The van der Waals surface area contributed by atoms with Crippen LogP contribution in [0.15, 0.2) is 24.3 Å². The molecule has 0 saturated heterocycles. The van der Waals surface area contributed by atoms with Crippen molar-refractivity contribution < 1.29 is 26.7 Å². The molecule has 1 rings (SSSR count). The lowest BCUT2D eigenvalue weighted by molar-refractivity contribution is -0.360. The molecule has 0 heterocycles. The highest BCUT2D eigenvalue weighted by Crippen LogP contribution is 2.37. The minimum Gasteiger partial charge on any atom is -0.426 e. The average molecular weight is 268 g/mol. The number of halogens is 5. The van der Waals surface area contributed by atoms with Crippen molar-refractivity contribution in [3.05, 3.63) is 24.3 Å². The van der Waals surface area contributed by atoms with Crippen LogP contribution in [0.4, 0.5) is 27.6 Å². The fourth-order valence-corrected chi connectivity index (χ4v) is 1.09. The van der Waals surface area contributed by atoms with E-state index in [9.17, 15) is 22.0 Å². The van der Waals surface area contributed by atoms with E-state index in [1.165, 1.54) is 12.1 Å². The van der Waals surface area contributed by atoms with Gasteiger partial charge in [-0.15, -0.1) is 0 Å². The van der Waals surface area contributed by atoms with E-state index in [4.69, 9.17) is 0 Å². The van der Waals surface area contributed by atoms with E-state index in [0.717, 1.165) is 18.6 Å². The van der Waals surface area contributed by atoms with Gasteiger partial charge in [-0.05, 0) is 18.6 Å². The van der Waals surface area contributed by atoms with Crippen LogP contribution in [-0.4, -0.2) is 18.8 Å². The second-order valence-corrected chi connectivity index (χ2v) is 3.50. The van der Waals surface area contributed by atoms with Crippen LogP contribution in [-0.2, 0) is 0 Å². The van der Waals surface area contributed by atoms with E-state index in [1.807, 2.05) is 6.92 Å². The van der Waals surface area contributed by atoms with Crippen molar-refractivity contribution in [2.45, 2.75) is 25.6 Å². The van der Waals surface area contributed by atoms with Crippen molar-refractivity contribution in [3.63, 3.8) is 0 Å². The van der Waals surface area contributed by atoms with E-state index in [-0.39, 0.29) is 0 Å². The van der Waals surface area contributed by atoms with E-state index in [2.05, 4.69) is 10.1 Å². The predicted octanol–water partition coefficient (Wildman–Crippen LogP) is 3.87. The molecule has 0 saturated carbocycles. The highest BCUT2D eigenvalue weighted by molar-refractivity contribution is 5.42. The summed E-state index contributed by atoms with van der Waals surface area (Å²) in [5.41, 5.74) is 0.298. The van der Waals surface area contributed by atoms with Crippen LogP contribution in [0.5, 0.6) is 5.75 Å². The molecule has 0 aliphatic heterocycles. The maximum absolute atomic E-state index is 12.6. The minimum absolute atomic E-state index is 0.298. The fraction of sp³-hybridized carbons (Fsp3) is 0.455. The molecule has 0 fully saturated rings. The maximum Gasteiger partial charge on any atom is 0.499 e. The van der Waals surface area contributed by atoms with Gasteiger partial charge >= 0.3 is 12.3 Å². The third-order valence-electron chi connectivity index (χ3n) is 1.91. The first kappa shape index (κ1) is 14.5. The van der Waals surface area contributed by atoms with Gasteiger partial charge in [0.2, 0.25) is 0 Å². The number of nitrogens with zero attached hydrogens (tertiary/aromatic N) is 1. The molecule has 1 aromatic rings. The van der Waals surface area contributed by atoms with Crippen molar-refractivity contribution in [3.8, 4) is 5.75 Å². The second kappa shape index (κ2) is 5.41. The lowest BCUT2D eigenvalue weighted by Gasteiger charge is -2.20. The van der Waals surface area contributed by atoms with Crippen molar-refractivity contribution in [1.82, 2.24) is 5.32 Å². The zero-order chi connectivity index (χ0) is 13.8. The third-order valence-corrected chi connectivity index (χ3v) is 1.91. The lowest BCUT2D eigenvalue weighted by Crippen LogP contribution is -2.41. The number of hydrogen-bond acceptors (Lipinski definition) is 1. The standard InChI is InChI=1S/C11H11F5NO/c1-2-6-17-8-4-3-5-9(7-8)18-11(15,16)10(12,13)14/h3-5,7H,2,6H2,1H3. The summed E-state index contributed by atoms with van der Waals surface area (Å²) < 4.78 is 64.7. The van der Waals surface area contributed by atoms with Gasteiger partial charge in [0.25, 0.3) is 0 Å².